The Morgan fingerprint density at radius 2 is 1.84 bits per heavy atom. The van der Waals surface area contributed by atoms with Gasteiger partial charge in [-0.2, -0.15) is 0 Å². The van der Waals surface area contributed by atoms with Gasteiger partial charge in [0.15, 0.2) is 0 Å². The van der Waals surface area contributed by atoms with Crippen LogP contribution in [0.2, 0.25) is 0 Å². The van der Waals surface area contributed by atoms with Gasteiger partial charge in [-0.15, -0.1) is 0 Å². The molecule has 1 saturated heterocycles. The number of amides is 1. The van der Waals surface area contributed by atoms with E-state index in [9.17, 15) is 9.90 Å². The average Bonchev–Trinajstić information content (AvgIpc) is 2.39. The van der Waals surface area contributed by atoms with Gasteiger partial charge in [-0.25, -0.2) is 4.79 Å². The fourth-order valence-corrected chi connectivity index (χ4v) is 2.42. The molecule has 1 aliphatic rings. The van der Waals surface area contributed by atoms with Crippen LogP contribution in [-0.2, 0) is 4.74 Å². The molecule has 4 heteroatoms. The maximum atomic E-state index is 11.8. The summed E-state index contributed by atoms with van der Waals surface area (Å²) in [4.78, 5) is 13.5. The Kier molecular flexibility index (Phi) is 4.30. The molecule has 0 spiro atoms. The van der Waals surface area contributed by atoms with Crippen molar-refractivity contribution < 1.29 is 14.6 Å². The third-order valence-electron chi connectivity index (χ3n) is 3.45. The second-order valence-corrected chi connectivity index (χ2v) is 5.29. The quantitative estimate of drug-likeness (QED) is 0.892. The molecule has 4 nitrogen and oxygen atoms in total. The fourth-order valence-electron chi connectivity index (χ4n) is 2.42. The minimum Gasteiger partial charge on any atom is -0.508 e. The van der Waals surface area contributed by atoms with Crippen molar-refractivity contribution in [2.24, 2.45) is 0 Å². The number of hydrogen-bond acceptors (Lipinski definition) is 3. The number of hydrogen-bond donors (Lipinski definition) is 1. The monoisotopic (exact) mass is 263 g/mol. The molecule has 1 heterocycles. The van der Waals surface area contributed by atoms with Crippen molar-refractivity contribution in [1.82, 2.24) is 4.90 Å². The molecule has 104 valence electrons. The fraction of sp³-hybridized carbons (Fsp3) is 0.533. The lowest BCUT2D eigenvalue weighted by Gasteiger charge is -2.32. The number of rotatable bonds is 2. The highest BCUT2D eigenvalue weighted by Crippen LogP contribution is 2.29. The lowest BCUT2D eigenvalue weighted by Crippen LogP contribution is -2.39. The Morgan fingerprint density at radius 3 is 2.37 bits per heavy atom. The van der Waals surface area contributed by atoms with E-state index in [4.69, 9.17) is 4.74 Å². The molecule has 2 rings (SSSR count). The minimum atomic E-state index is -0.209. The zero-order chi connectivity index (χ0) is 13.8. The van der Waals surface area contributed by atoms with Crippen LogP contribution in [0.5, 0.6) is 5.75 Å². The Labute approximate surface area is 114 Å². The number of phenolic OH excluding ortho intramolecular Hbond substituents is 1. The standard InChI is InChI=1S/C15H21NO3/c1-11(2)19-15(18)16-9-7-13(8-10-16)12-3-5-14(17)6-4-12/h3-6,11,13,17H,7-10H2,1-2H3. The Bertz CT molecular complexity index is 420. The first-order chi connectivity index (χ1) is 9.06. The summed E-state index contributed by atoms with van der Waals surface area (Å²) in [5.74, 6) is 0.755. The second-order valence-electron chi connectivity index (χ2n) is 5.29. The summed E-state index contributed by atoms with van der Waals surface area (Å²) in [6, 6.07) is 7.35. The van der Waals surface area contributed by atoms with Gasteiger partial charge in [0.2, 0.25) is 0 Å². The van der Waals surface area contributed by atoms with Crippen molar-refractivity contribution in [2.75, 3.05) is 13.1 Å². The molecule has 1 aromatic carbocycles. The average molecular weight is 263 g/mol. The predicted molar refractivity (Wildman–Crippen MR) is 73.3 cm³/mol. The normalized spacial score (nSPS) is 16.7. The second kappa shape index (κ2) is 5.95. The number of likely N-dealkylation sites (tertiary alicyclic amines) is 1. The number of nitrogens with zero attached hydrogens (tertiary/aromatic N) is 1. The SMILES string of the molecule is CC(C)OC(=O)N1CCC(c2ccc(O)cc2)CC1. The molecular formula is C15H21NO3. The van der Waals surface area contributed by atoms with Crippen LogP contribution < -0.4 is 0 Å². The van der Waals surface area contributed by atoms with Crippen LogP contribution in [0.4, 0.5) is 4.79 Å². The van der Waals surface area contributed by atoms with E-state index in [0.717, 1.165) is 25.9 Å². The summed E-state index contributed by atoms with van der Waals surface area (Å²) in [6.07, 6.45) is 1.61. The maximum Gasteiger partial charge on any atom is 0.410 e. The first-order valence-electron chi connectivity index (χ1n) is 6.80. The molecule has 0 saturated carbocycles. The third-order valence-corrected chi connectivity index (χ3v) is 3.45. The smallest absolute Gasteiger partial charge is 0.410 e. The first kappa shape index (κ1) is 13.7. The Hall–Kier alpha value is -1.71. The molecule has 0 radical (unpaired) electrons. The van der Waals surface area contributed by atoms with Gasteiger partial charge in [-0.3, -0.25) is 0 Å². The van der Waals surface area contributed by atoms with Crippen LogP contribution >= 0.6 is 0 Å². The number of aromatic hydroxyl groups is 1. The highest BCUT2D eigenvalue weighted by atomic mass is 16.6. The summed E-state index contributed by atoms with van der Waals surface area (Å²) in [6.45, 7) is 5.19. The molecule has 0 aliphatic carbocycles. The van der Waals surface area contributed by atoms with Gasteiger partial charge in [0.05, 0.1) is 6.10 Å². The summed E-state index contributed by atoms with van der Waals surface area (Å²) >= 11 is 0. The van der Waals surface area contributed by atoms with Crippen LogP contribution in [-0.4, -0.2) is 35.3 Å². The zero-order valence-corrected chi connectivity index (χ0v) is 11.5. The molecule has 1 aromatic rings. The molecular weight excluding hydrogens is 242 g/mol. The van der Waals surface area contributed by atoms with Crippen molar-refractivity contribution in [3.05, 3.63) is 29.8 Å². The Balaban J connectivity index is 1.88. The van der Waals surface area contributed by atoms with E-state index in [2.05, 4.69) is 0 Å². The van der Waals surface area contributed by atoms with E-state index in [1.165, 1.54) is 5.56 Å². The lowest BCUT2D eigenvalue weighted by molar-refractivity contribution is 0.0692. The summed E-state index contributed by atoms with van der Waals surface area (Å²) < 4.78 is 5.20. The van der Waals surface area contributed by atoms with Crippen molar-refractivity contribution in [2.45, 2.75) is 38.7 Å². The summed E-state index contributed by atoms with van der Waals surface area (Å²) in [7, 11) is 0. The number of benzene rings is 1. The largest absolute Gasteiger partial charge is 0.508 e. The van der Waals surface area contributed by atoms with Crippen LogP contribution in [0.15, 0.2) is 24.3 Å². The van der Waals surface area contributed by atoms with E-state index in [0.29, 0.717) is 11.7 Å². The lowest BCUT2D eigenvalue weighted by atomic mass is 9.89. The van der Waals surface area contributed by atoms with E-state index in [1.54, 1.807) is 17.0 Å². The van der Waals surface area contributed by atoms with Crippen molar-refractivity contribution in [1.29, 1.82) is 0 Å². The van der Waals surface area contributed by atoms with Gasteiger partial charge < -0.3 is 14.7 Å². The number of ether oxygens (including phenoxy) is 1. The van der Waals surface area contributed by atoms with E-state index in [1.807, 2.05) is 26.0 Å². The predicted octanol–water partition coefficient (Wildman–Crippen LogP) is 3.12. The summed E-state index contributed by atoms with van der Waals surface area (Å²) in [5, 5.41) is 9.28. The van der Waals surface area contributed by atoms with Gasteiger partial charge in [-0.05, 0) is 50.3 Å². The number of carbonyl (C=O) groups is 1. The molecule has 1 amide bonds. The molecule has 1 N–H and O–H groups in total. The number of phenols is 1. The molecule has 0 aromatic heterocycles. The van der Waals surface area contributed by atoms with E-state index in [-0.39, 0.29) is 12.2 Å². The van der Waals surface area contributed by atoms with Gasteiger partial charge in [0.25, 0.3) is 0 Å². The van der Waals surface area contributed by atoms with Crippen molar-refractivity contribution >= 4 is 6.09 Å². The molecule has 0 bridgehead atoms. The Morgan fingerprint density at radius 1 is 1.26 bits per heavy atom. The number of carbonyl (C=O) groups excluding carboxylic acids is 1. The van der Waals surface area contributed by atoms with Gasteiger partial charge in [-0.1, -0.05) is 12.1 Å². The van der Waals surface area contributed by atoms with Crippen LogP contribution in [0.3, 0.4) is 0 Å². The molecule has 1 aliphatic heterocycles. The van der Waals surface area contributed by atoms with Gasteiger partial charge in [0, 0.05) is 13.1 Å². The number of piperidine rings is 1. The minimum absolute atomic E-state index is 0.0673. The highest BCUT2D eigenvalue weighted by molar-refractivity contribution is 5.67. The van der Waals surface area contributed by atoms with Crippen LogP contribution in [0.1, 0.15) is 38.2 Å². The van der Waals surface area contributed by atoms with Gasteiger partial charge >= 0.3 is 6.09 Å². The van der Waals surface area contributed by atoms with Gasteiger partial charge in [0.1, 0.15) is 5.75 Å². The van der Waals surface area contributed by atoms with Crippen LogP contribution in [0, 0.1) is 0 Å². The van der Waals surface area contributed by atoms with Crippen LogP contribution in [0.25, 0.3) is 0 Å². The van der Waals surface area contributed by atoms with E-state index < -0.39 is 0 Å². The molecule has 19 heavy (non-hydrogen) atoms. The van der Waals surface area contributed by atoms with Crippen molar-refractivity contribution in [3.63, 3.8) is 0 Å². The third kappa shape index (κ3) is 3.63. The van der Waals surface area contributed by atoms with E-state index >= 15 is 0 Å². The molecule has 1 fully saturated rings. The molecule has 0 atom stereocenters. The maximum absolute atomic E-state index is 11.8. The topological polar surface area (TPSA) is 49.8 Å². The van der Waals surface area contributed by atoms with Crippen molar-refractivity contribution in [3.8, 4) is 5.75 Å². The first-order valence-corrected chi connectivity index (χ1v) is 6.80. The zero-order valence-electron chi connectivity index (χ0n) is 11.5. The highest BCUT2D eigenvalue weighted by Gasteiger charge is 2.25. The molecule has 0 unspecified atom stereocenters. The summed E-state index contributed by atoms with van der Waals surface area (Å²) in [5.41, 5.74) is 1.23.